The Morgan fingerprint density at radius 3 is 2.56 bits per heavy atom. The first kappa shape index (κ1) is 18.3. The second-order valence-electron chi connectivity index (χ2n) is 5.07. The number of ketones is 1. The van der Waals surface area contributed by atoms with Crippen molar-refractivity contribution >= 4 is 39.7 Å². The molecular formula is C16H14N2O6S. The monoisotopic (exact) mass is 362 g/mol. The SMILES string of the molecule is CC(=O)c1cccc(NC(=O)[C@@H](C)OC(=O)c2ccc([N+](=O)[O-])s2)c1. The molecule has 0 fully saturated rings. The van der Waals surface area contributed by atoms with Gasteiger partial charge in [-0.3, -0.25) is 19.7 Å². The molecule has 8 nitrogen and oxygen atoms in total. The molecule has 1 atom stereocenters. The molecule has 9 heteroatoms. The molecular weight excluding hydrogens is 348 g/mol. The molecule has 1 amide bonds. The van der Waals surface area contributed by atoms with Crippen LogP contribution >= 0.6 is 11.3 Å². The van der Waals surface area contributed by atoms with Crippen molar-refractivity contribution in [2.24, 2.45) is 0 Å². The first-order valence-corrected chi connectivity index (χ1v) is 7.96. The Kier molecular flexibility index (Phi) is 5.60. The quantitative estimate of drug-likeness (QED) is 0.365. The molecule has 2 aromatic rings. The van der Waals surface area contributed by atoms with Crippen LogP contribution in [0.15, 0.2) is 36.4 Å². The van der Waals surface area contributed by atoms with Gasteiger partial charge in [0.15, 0.2) is 11.9 Å². The molecule has 1 heterocycles. The molecule has 0 aliphatic heterocycles. The lowest BCUT2D eigenvalue weighted by atomic mass is 10.1. The van der Waals surface area contributed by atoms with Crippen LogP contribution in [0, 0.1) is 10.1 Å². The Morgan fingerprint density at radius 2 is 1.96 bits per heavy atom. The number of rotatable bonds is 6. The van der Waals surface area contributed by atoms with E-state index >= 15 is 0 Å². The standard InChI is InChI=1S/C16H14N2O6S/c1-9(19)11-4-3-5-12(8-11)17-15(20)10(2)24-16(21)13-6-7-14(25-13)18(22)23/h3-8,10H,1-2H3,(H,17,20)/t10-/m1/s1. The summed E-state index contributed by atoms with van der Waals surface area (Å²) in [5, 5.41) is 13.0. The van der Waals surface area contributed by atoms with Crippen molar-refractivity contribution in [1.29, 1.82) is 0 Å². The number of anilines is 1. The number of ether oxygens (including phenoxy) is 1. The Balaban J connectivity index is 1.99. The lowest BCUT2D eigenvalue weighted by Crippen LogP contribution is -2.29. The highest BCUT2D eigenvalue weighted by Gasteiger charge is 2.22. The van der Waals surface area contributed by atoms with Crippen LogP contribution in [0.2, 0.25) is 0 Å². The normalized spacial score (nSPS) is 11.4. The van der Waals surface area contributed by atoms with Crippen molar-refractivity contribution in [3.05, 3.63) is 57.0 Å². The number of Topliss-reactive ketones (excluding diaryl/α,β-unsaturated/α-hetero) is 1. The third kappa shape index (κ3) is 4.70. The van der Waals surface area contributed by atoms with Crippen molar-refractivity contribution in [1.82, 2.24) is 0 Å². The maximum absolute atomic E-state index is 12.1. The molecule has 1 N–H and O–H groups in total. The largest absolute Gasteiger partial charge is 0.448 e. The summed E-state index contributed by atoms with van der Waals surface area (Å²) in [5.41, 5.74) is 0.834. The van der Waals surface area contributed by atoms with E-state index in [2.05, 4.69) is 5.32 Å². The van der Waals surface area contributed by atoms with E-state index in [1.165, 1.54) is 32.0 Å². The first-order valence-electron chi connectivity index (χ1n) is 7.15. The lowest BCUT2D eigenvalue weighted by Gasteiger charge is -2.13. The van der Waals surface area contributed by atoms with Crippen LogP contribution in [0.3, 0.4) is 0 Å². The topological polar surface area (TPSA) is 116 Å². The molecule has 0 bridgehead atoms. The molecule has 0 aliphatic rings. The van der Waals surface area contributed by atoms with Gasteiger partial charge < -0.3 is 10.1 Å². The number of nitrogens with one attached hydrogen (secondary N) is 1. The van der Waals surface area contributed by atoms with E-state index in [1.54, 1.807) is 18.2 Å². The maximum atomic E-state index is 12.1. The van der Waals surface area contributed by atoms with Gasteiger partial charge in [0.25, 0.3) is 5.91 Å². The van der Waals surface area contributed by atoms with E-state index in [-0.39, 0.29) is 15.7 Å². The molecule has 0 saturated heterocycles. The Hall–Kier alpha value is -3.07. The number of amides is 1. The highest BCUT2D eigenvalue weighted by molar-refractivity contribution is 7.17. The van der Waals surface area contributed by atoms with Crippen LogP contribution in [-0.4, -0.2) is 28.7 Å². The maximum Gasteiger partial charge on any atom is 0.349 e. The number of hydrogen-bond acceptors (Lipinski definition) is 7. The number of nitrogens with zero attached hydrogens (tertiary/aromatic N) is 1. The third-order valence-corrected chi connectivity index (χ3v) is 4.18. The molecule has 0 unspecified atom stereocenters. The fourth-order valence-corrected chi connectivity index (χ4v) is 2.57. The molecule has 0 aliphatic carbocycles. The van der Waals surface area contributed by atoms with Crippen LogP contribution in [0.1, 0.15) is 33.9 Å². The average molecular weight is 362 g/mol. The second-order valence-corrected chi connectivity index (χ2v) is 6.13. The van der Waals surface area contributed by atoms with E-state index in [9.17, 15) is 24.5 Å². The van der Waals surface area contributed by atoms with E-state index in [0.29, 0.717) is 22.6 Å². The summed E-state index contributed by atoms with van der Waals surface area (Å²) in [6.45, 7) is 2.79. The molecule has 2 rings (SSSR count). The van der Waals surface area contributed by atoms with Crippen molar-refractivity contribution in [2.75, 3.05) is 5.32 Å². The molecule has 0 spiro atoms. The Bertz CT molecular complexity index is 845. The molecule has 130 valence electrons. The summed E-state index contributed by atoms with van der Waals surface area (Å²) in [7, 11) is 0. The fraction of sp³-hybridized carbons (Fsp3) is 0.188. The van der Waals surface area contributed by atoms with Gasteiger partial charge >= 0.3 is 11.0 Å². The minimum Gasteiger partial charge on any atom is -0.448 e. The molecule has 1 aromatic carbocycles. The molecule has 1 aromatic heterocycles. The summed E-state index contributed by atoms with van der Waals surface area (Å²) >= 11 is 0.669. The zero-order chi connectivity index (χ0) is 18.6. The Morgan fingerprint density at radius 1 is 1.24 bits per heavy atom. The Labute approximate surface area is 146 Å². The van der Waals surface area contributed by atoms with Gasteiger partial charge in [0.05, 0.1) is 4.92 Å². The summed E-state index contributed by atoms with van der Waals surface area (Å²) in [6.07, 6.45) is -1.12. The number of esters is 1. The number of hydrogen-bond donors (Lipinski definition) is 1. The van der Waals surface area contributed by atoms with Crippen molar-refractivity contribution < 1.29 is 24.0 Å². The van der Waals surface area contributed by atoms with Crippen LogP contribution in [0.5, 0.6) is 0 Å². The molecule has 0 saturated carbocycles. The van der Waals surface area contributed by atoms with Gasteiger partial charge in [-0.2, -0.15) is 0 Å². The van der Waals surface area contributed by atoms with Gasteiger partial charge in [-0.25, -0.2) is 4.79 Å². The fourth-order valence-electron chi connectivity index (χ4n) is 1.87. The van der Waals surface area contributed by atoms with Gasteiger partial charge in [0.2, 0.25) is 0 Å². The molecule has 25 heavy (non-hydrogen) atoms. The predicted molar refractivity (Wildman–Crippen MR) is 90.9 cm³/mol. The van der Waals surface area contributed by atoms with Gasteiger partial charge in [0, 0.05) is 17.3 Å². The summed E-state index contributed by atoms with van der Waals surface area (Å²) in [4.78, 5) is 45.4. The second kappa shape index (κ2) is 7.67. The summed E-state index contributed by atoms with van der Waals surface area (Å²) < 4.78 is 5.01. The van der Waals surface area contributed by atoms with Crippen molar-refractivity contribution in [3.8, 4) is 0 Å². The van der Waals surface area contributed by atoms with Crippen LogP contribution in [-0.2, 0) is 9.53 Å². The minimum atomic E-state index is -1.12. The lowest BCUT2D eigenvalue weighted by molar-refractivity contribution is -0.380. The zero-order valence-corrected chi connectivity index (χ0v) is 14.2. The minimum absolute atomic E-state index is 0.0323. The summed E-state index contributed by atoms with van der Waals surface area (Å²) in [6, 6.07) is 8.81. The third-order valence-electron chi connectivity index (χ3n) is 3.16. The molecule has 0 radical (unpaired) electrons. The van der Waals surface area contributed by atoms with Gasteiger partial charge in [-0.05, 0) is 32.0 Å². The number of thiophene rings is 1. The van der Waals surface area contributed by atoms with Gasteiger partial charge in [0.1, 0.15) is 4.88 Å². The highest BCUT2D eigenvalue weighted by atomic mass is 32.1. The number of benzene rings is 1. The van der Waals surface area contributed by atoms with E-state index in [1.807, 2.05) is 0 Å². The van der Waals surface area contributed by atoms with Crippen LogP contribution in [0.25, 0.3) is 0 Å². The summed E-state index contributed by atoms with van der Waals surface area (Å²) in [5.74, 6) is -1.55. The van der Waals surface area contributed by atoms with Crippen LogP contribution in [0.4, 0.5) is 10.7 Å². The van der Waals surface area contributed by atoms with Crippen LogP contribution < -0.4 is 5.32 Å². The zero-order valence-electron chi connectivity index (χ0n) is 13.3. The highest BCUT2D eigenvalue weighted by Crippen LogP contribution is 2.24. The van der Waals surface area contributed by atoms with Crippen molar-refractivity contribution in [2.45, 2.75) is 20.0 Å². The van der Waals surface area contributed by atoms with Crippen molar-refractivity contribution in [3.63, 3.8) is 0 Å². The van der Waals surface area contributed by atoms with E-state index in [0.717, 1.165) is 0 Å². The van der Waals surface area contributed by atoms with Gasteiger partial charge in [-0.1, -0.05) is 23.5 Å². The number of nitro groups is 1. The first-order chi connectivity index (χ1) is 11.8. The number of carbonyl (C=O) groups is 3. The number of carbonyl (C=O) groups excluding carboxylic acids is 3. The van der Waals surface area contributed by atoms with Gasteiger partial charge in [-0.15, -0.1) is 0 Å². The average Bonchev–Trinajstić information content (AvgIpc) is 3.05. The van der Waals surface area contributed by atoms with E-state index in [4.69, 9.17) is 4.74 Å². The smallest absolute Gasteiger partial charge is 0.349 e. The van der Waals surface area contributed by atoms with E-state index < -0.39 is 22.9 Å². The predicted octanol–water partition coefficient (Wildman–Crippen LogP) is 3.04.